The number of amides is 1. The summed E-state index contributed by atoms with van der Waals surface area (Å²) in [4.78, 5) is 11.9. The number of hydrogen-bond donors (Lipinski definition) is 1. The second kappa shape index (κ2) is 5.97. The molecule has 5 heteroatoms. The van der Waals surface area contributed by atoms with Gasteiger partial charge in [0.05, 0.1) is 5.69 Å². The van der Waals surface area contributed by atoms with Crippen molar-refractivity contribution in [1.82, 2.24) is 4.57 Å². The fraction of sp³-hybridized carbons (Fsp3) is 0.118. The van der Waals surface area contributed by atoms with Crippen molar-refractivity contribution in [2.24, 2.45) is 0 Å². The van der Waals surface area contributed by atoms with E-state index in [1.54, 1.807) is 0 Å². The van der Waals surface area contributed by atoms with Gasteiger partial charge in [-0.25, -0.2) is 8.78 Å². The molecule has 0 saturated carbocycles. The highest BCUT2D eigenvalue weighted by molar-refractivity contribution is 5.91. The summed E-state index contributed by atoms with van der Waals surface area (Å²) < 4.78 is 28.5. The van der Waals surface area contributed by atoms with Crippen LogP contribution in [0.15, 0.2) is 54.7 Å². The molecular weight excluding hydrogens is 286 g/mol. The predicted octanol–water partition coefficient (Wildman–Crippen LogP) is 3.95. The minimum absolute atomic E-state index is 0.137. The maximum atomic E-state index is 13.5. The number of aryl methyl sites for hydroxylation is 1. The van der Waals surface area contributed by atoms with Gasteiger partial charge in [-0.3, -0.25) is 4.79 Å². The van der Waals surface area contributed by atoms with Gasteiger partial charge in [0, 0.05) is 30.7 Å². The molecule has 0 saturated heterocycles. The molecule has 0 unspecified atom stereocenters. The van der Waals surface area contributed by atoms with E-state index < -0.39 is 11.6 Å². The molecule has 0 aliphatic heterocycles. The quantitative estimate of drug-likeness (QED) is 0.778. The number of nitrogens with one attached hydrogen (secondary N) is 1. The van der Waals surface area contributed by atoms with Gasteiger partial charge in [0.1, 0.15) is 11.6 Å². The Kier molecular flexibility index (Phi) is 3.87. The molecule has 1 heterocycles. The van der Waals surface area contributed by atoms with Gasteiger partial charge in [0.25, 0.3) is 0 Å². The molecule has 2 aromatic carbocycles. The lowest BCUT2D eigenvalue weighted by Gasteiger charge is -2.08. The Hall–Kier alpha value is -2.69. The van der Waals surface area contributed by atoms with E-state index in [9.17, 15) is 13.6 Å². The van der Waals surface area contributed by atoms with Gasteiger partial charge in [0.15, 0.2) is 0 Å². The lowest BCUT2D eigenvalue weighted by Crippen LogP contribution is -2.15. The van der Waals surface area contributed by atoms with Crippen LogP contribution in [-0.4, -0.2) is 10.5 Å². The molecule has 1 amide bonds. The number of benzene rings is 2. The molecule has 3 aromatic rings. The van der Waals surface area contributed by atoms with Crippen molar-refractivity contribution < 1.29 is 13.6 Å². The smallest absolute Gasteiger partial charge is 0.226 e. The van der Waals surface area contributed by atoms with Crippen molar-refractivity contribution in [2.45, 2.75) is 13.0 Å². The largest absolute Gasteiger partial charge is 0.347 e. The molecule has 0 fully saturated rings. The molecule has 0 bridgehead atoms. The highest BCUT2D eigenvalue weighted by atomic mass is 19.1. The van der Waals surface area contributed by atoms with Crippen LogP contribution in [0.3, 0.4) is 0 Å². The molecule has 0 aliphatic carbocycles. The number of para-hydroxylation sites is 1. The van der Waals surface area contributed by atoms with Crippen LogP contribution in [0, 0.1) is 11.6 Å². The zero-order valence-corrected chi connectivity index (χ0v) is 11.7. The fourth-order valence-electron chi connectivity index (χ4n) is 2.36. The van der Waals surface area contributed by atoms with E-state index in [1.165, 1.54) is 0 Å². The molecule has 112 valence electrons. The van der Waals surface area contributed by atoms with Gasteiger partial charge in [0.2, 0.25) is 5.91 Å². The Bertz CT molecular complexity index is 826. The van der Waals surface area contributed by atoms with Crippen LogP contribution in [0.25, 0.3) is 10.9 Å². The van der Waals surface area contributed by atoms with E-state index in [0.717, 1.165) is 29.1 Å². The molecule has 3 rings (SSSR count). The van der Waals surface area contributed by atoms with Gasteiger partial charge in [-0.15, -0.1) is 0 Å². The van der Waals surface area contributed by atoms with E-state index in [-0.39, 0.29) is 18.0 Å². The van der Waals surface area contributed by atoms with Crippen molar-refractivity contribution in [3.63, 3.8) is 0 Å². The Labute approximate surface area is 126 Å². The van der Waals surface area contributed by atoms with E-state index in [2.05, 4.69) is 5.32 Å². The van der Waals surface area contributed by atoms with Crippen LogP contribution in [0.5, 0.6) is 0 Å². The summed E-state index contributed by atoms with van der Waals surface area (Å²) in [7, 11) is 0. The maximum Gasteiger partial charge on any atom is 0.226 e. The number of nitrogens with zero attached hydrogens (tertiary/aromatic N) is 1. The van der Waals surface area contributed by atoms with E-state index in [0.29, 0.717) is 6.54 Å². The zero-order valence-electron chi connectivity index (χ0n) is 11.7. The standard InChI is InChI=1S/C17H14F2N2O/c18-13-5-6-14(19)15(11-13)20-17(22)8-10-21-9-7-12-3-1-2-4-16(12)21/h1-7,9,11H,8,10H2,(H,20,22). The number of carbonyl (C=O) groups is 1. The van der Waals surface area contributed by atoms with Gasteiger partial charge in [-0.2, -0.15) is 0 Å². The first-order chi connectivity index (χ1) is 10.6. The summed E-state index contributed by atoms with van der Waals surface area (Å²) in [5.74, 6) is -1.60. The third-order valence-electron chi connectivity index (χ3n) is 3.46. The molecule has 0 atom stereocenters. The Morgan fingerprint density at radius 1 is 1.09 bits per heavy atom. The van der Waals surface area contributed by atoms with E-state index >= 15 is 0 Å². The summed E-state index contributed by atoms with van der Waals surface area (Å²) in [6.07, 6.45) is 2.08. The number of hydrogen-bond acceptors (Lipinski definition) is 1. The number of fused-ring (bicyclic) bond motifs is 1. The van der Waals surface area contributed by atoms with Gasteiger partial charge in [-0.05, 0) is 29.7 Å². The summed E-state index contributed by atoms with van der Waals surface area (Å²) >= 11 is 0. The topological polar surface area (TPSA) is 34.0 Å². The third-order valence-corrected chi connectivity index (χ3v) is 3.46. The maximum absolute atomic E-state index is 13.5. The highest BCUT2D eigenvalue weighted by Crippen LogP contribution is 2.17. The average Bonchev–Trinajstić information content (AvgIpc) is 2.92. The summed E-state index contributed by atoms with van der Waals surface area (Å²) in [5.41, 5.74) is 0.898. The van der Waals surface area contributed by atoms with Gasteiger partial charge < -0.3 is 9.88 Å². The normalized spacial score (nSPS) is 10.8. The second-order valence-electron chi connectivity index (χ2n) is 4.99. The molecule has 0 aliphatic rings. The molecular formula is C17H14F2N2O. The van der Waals surface area contributed by atoms with Crippen LogP contribution in [0.4, 0.5) is 14.5 Å². The Morgan fingerprint density at radius 3 is 2.77 bits per heavy atom. The lowest BCUT2D eigenvalue weighted by molar-refractivity contribution is -0.116. The van der Waals surface area contributed by atoms with Crippen LogP contribution >= 0.6 is 0 Å². The van der Waals surface area contributed by atoms with E-state index in [1.807, 2.05) is 41.1 Å². The number of aromatic nitrogens is 1. The summed E-state index contributed by atoms with van der Waals surface area (Å²) in [5, 5.41) is 3.49. The number of carbonyl (C=O) groups excluding carboxylic acids is 1. The summed E-state index contributed by atoms with van der Waals surface area (Å²) in [6, 6.07) is 12.8. The average molecular weight is 300 g/mol. The SMILES string of the molecule is O=C(CCn1ccc2ccccc21)Nc1cc(F)ccc1F. The fourth-order valence-corrected chi connectivity index (χ4v) is 2.36. The van der Waals surface area contributed by atoms with E-state index in [4.69, 9.17) is 0 Å². The Balaban J connectivity index is 1.66. The lowest BCUT2D eigenvalue weighted by atomic mass is 10.2. The number of rotatable bonds is 4. The van der Waals surface area contributed by atoms with Crippen LogP contribution in [0.1, 0.15) is 6.42 Å². The van der Waals surface area contributed by atoms with Crippen molar-refractivity contribution in [1.29, 1.82) is 0 Å². The van der Waals surface area contributed by atoms with Crippen molar-refractivity contribution in [3.8, 4) is 0 Å². The number of halogens is 2. The van der Waals surface area contributed by atoms with Crippen molar-refractivity contribution >= 4 is 22.5 Å². The minimum atomic E-state index is -0.652. The first-order valence-electron chi connectivity index (χ1n) is 6.92. The molecule has 1 aromatic heterocycles. The molecule has 1 N–H and O–H groups in total. The van der Waals surface area contributed by atoms with Crippen LogP contribution in [-0.2, 0) is 11.3 Å². The van der Waals surface area contributed by atoms with Gasteiger partial charge in [-0.1, -0.05) is 18.2 Å². The second-order valence-corrected chi connectivity index (χ2v) is 4.99. The van der Waals surface area contributed by atoms with Crippen molar-refractivity contribution in [3.05, 3.63) is 66.4 Å². The Morgan fingerprint density at radius 2 is 1.91 bits per heavy atom. The monoisotopic (exact) mass is 300 g/mol. The summed E-state index contributed by atoms with van der Waals surface area (Å²) in [6.45, 7) is 0.469. The minimum Gasteiger partial charge on any atom is -0.347 e. The molecule has 0 spiro atoms. The van der Waals surface area contributed by atoms with Gasteiger partial charge >= 0.3 is 0 Å². The van der Waals surface area contributed by atoms with Crippen molar-refractivity contribution in [2.75, 3.05) is 5.32 Å². The molecule has 3 nitrogen and oxygen atoms in total. The zero-order chi connectivity index (χ0) is 15.5. The third kappa shape index (κ3) is 2.98. The van der Waals surface area contributed by atoms with Crippen LogP contribution < -0.4 is 5.32 Å². The molecule has 0 radical (unpaired) electrons. The van der Waals surface area contributed by atoms with Crippen LogP contribution in [0.2, 0.25) is 0 Å². The first kappa shape index (κ1) is 14.3. The number of anilines is 1. The first-order valence-corrected chi connectivity index (χ1v) is 6.92. The molecule has 22 heavy (non-hydrogen) atoms. The predicted molar refractivity (Wildman–Crippen MR) is 81.5 cm³/mol. The highest BCUT2D eigenvalue weighted by Gasteiger charge is 2.09.